The first-order valence-corrected chi connectivity index (χ1v) is 5.80. The van der Waals surface area contributed by atoms with Crippen LogP contribution in [0.3, 0.4) is 0 Å². The summed E-state index contributed by atoms with van der Waals surface area (Å²) in [6.07, 6.45) is 1.56. The molecule has 1 aromatic heterocycles. The van der Waals surface area contributed by atoms with Gasteiger partial charge in [0.25, 0.3) is 0 Å². The highest BCUT2D eigenvalue weighted by Gasteiger charge is 2.32. The van der Waals surface area contributed by atoms with E-state index in [-0.39, 0.29) is 0 Å². The number of aliphatic hydroxyl groups is 1. The number of nitrogens with zero attached hydrogens (tertiary/aromatic N) is 3. The molecule has 1 unspecified atom stereocenters. The van der Waals surface area contributed by atoms with Crippen molar-refractivity contribution in [3.8, 4) is 11.8 Å². The van der Waals surface area contributed by atoms with Crippen LogP contribution in [0.1, 0.15) is 23.7 Å². The summed E-state index contributed by atoms with van der Waals surface area (Å²) in [4.78, 5) is 0. The molecular weight excluding hydrogens is 242 g/mol. The Hall–Kier alpha value is -2.32. The SMILES string of the molecule is COc1cnn(C)c1C(C)(O)c1ccc(C#N)cc1. The van der Waals surface area contributed by atoms with E-state index in [0.717, 1.165) is 0 Å². The van der Waals surface area contributed by atoms with E-state index in [1.807, 2.05) is 0 Å². The van der Waals surface area contributed by atoms with Crippen molar-refractivity contribution in [2.24, 2.45) is 7.05 Å². The Morgan fingerprint density at radius 1 is 1.37 bits per heavy atom. The predicted octanol–water partition coefficient (Wildman–Crippen LogP) is 1.56. The van der Waals surface area contributed by atoms with Gasteiger partial charge < -0.3 is 9.84 Å². The molecular formula is C14H15N3O2. The zero-order valence-corrected chi connectivity index (χ0v) is 11.1. The van der Waals surface area contributed by atoms with Crippen LogP contribution in [0.4, 0.5) is 0 Å². The molecule has 0 aliphatic rings. The number of hydrogen-bond acceptors (Lipinski definition) is 4. The summed E-state index contributed by atoms with van der Waals surface area (Å²) in [5.74, 6) is 0.525. The lowest BCUT2D eigenvalue weighted by Crippen LogP contribution is -2.26. The molecule has 1 aromatic carbocycles. The third-order valence-electron chi connectivity index (χ3n) is 3.16. The van der Waals surface area contributed by atoms with E-state index < -0.39 is 5.60 Å². The van der Waals surface area contributed by atoms with Crippen LogP contribution in [0.15, 0.2) is 30.5 Å². The third-order valence-corrected chi connectivity index (χ3v) is 3.16. The zero-order valence-electron chi connectivity index (χ0n) is 11.1. The molecule has 19 heavy (non-hydrogen) atoms. The maximum absolute atomic E-state index is 10.8. The summed E-state index contributed by atoms with van der Waals surface area (Å²) < 4.78 is 6.80. The highest BCUT2D eigenvalue weighted by molar-refractivity contribution is 5.41. The Balaban J connectivity index is 2.51. The van der Waals surface area contributed by atoms with Gasteiger partial charge in [-0.15, -0.1) is 0 Å². The summed E-state index contributed by atoms with van der Waals surface area (Å²) in [7, 11) is 3.28. The molecule has 0 fully saturated rings. The Morgan fingerprint density at radius 3 is 2.53 bits per heavy atom. The molecule has 0 aliphatic heterocycles. The third kappa shape index (κ3) is 2.18. The molecule has 5 nitrogen and oxygen atoms in total. The van der Waals surface area contributed by atoms with Crippen LogP contribution in [0.2, 0.25) is 0 Å². The second-order valence-corrected chi connectivity index (χ2v) is 4.45. The monoisotopic (exact) mass is 257 g/mol. The Bertz CT molecular complexity index is 621. The molecule has 0 aliphatic carbocycles. The van der Waals surface area contributed by atoms with Gasteiger partial charge in [-0.05, 0) is 24.6 Å². The van der Waals surface area contributed by atoms with Crippen molar-refractivity contribution in [2.45, 2.75) is 12.5 Å². The molecule has 1 atom stereocenters. The Kier molecular flexibility index (Phi) is 3.28. The smallest absolute Gasteiger partial charge is 0.163 e. The summed E-state index contributed by atoms with van der Waals surface area (Å²) in [5, 5.41) is 23.7. The van der Waals surface area contributed by atoms with E-state index in [0.29, 0.717) is 22.6 Å². The van der Waals surface area contributed by atoms with Gasteiger partial charge >= 0.3 is 0 Å². The van der Waals surface area contributed by atoms with E-state index in [1.165, 1.54) is 7.11 Å². The minimum atomic E-state index is -1.25. The molecule has 0 spiro atoms. The molecule has 1 heterocycles. The van der Waals surface area contributed by atoms with E-state index >= 15 is 0 Å². The van der Waals surface area contributed by atoms with Crippen molar-refractivity contribution < 1.29 is 9.84 Å². The van der Waals surface area contributed by atoms with Crippen molar-refractivity contribution in [3.63, 3.8) is 0 Å². The molecule has 0 bridgehead atoms. The summed E-state index contributed by atoms with van der Waals surface area (Å²) in [6, 6.07) is 8.85. The van der Waals surface area contributed by atoms with E-state index in [2.05, 4.69) is 11.2 Å². The quantitative estimate of drug-likeness (QED) is 0.905. The van der Waals surface area contributed by atoms with E-state index in [1.54, 1.807) is 49.1 Å². The van der Waals surface area contributed by atoms with Crippen molar-refractivity contribution in [1.82, 2.24) is 9.78 Å². The number of benzene rings is 1. The normalized spacial score (nSPS) is 13.6. The van der Waals surface area contributed by atoms with Crippen LogP contribution < -0.4 is 4.74 Å². The van der Waals surface area contributed by atoms with E-state index in [9.17, 15) is 5.11 Å². The van der Waals surface area contributed by atoms with Crippen LogP contribution in [-0.2, 0) is 12.6 Å². The van der Waals surface area contributed by atoms with Crippen LogP contribution in [0, 0.1) is 11.3 Å². The first-order valence-electron chi connectivity index (χ1n) is 5.80. The number of nitriles is 1. The Labute approximate surface area is 111 Å². The average Bonchev–Trinajstić information content (AvgIpc) is 2.80. The van der Waals surface area contributed by atoms with Gasteiger partial charge in [0, 0.05) is 7.05 Å². The lowest BCUT2D eigenvalue weighted by atomic mass is 9.91. The maximum Gasteiger partial charge on any atom is 0.163 e. The molecule has 0 saturated heterocycles. The molecule has 0 radical (unpaired) electrons. The lowest BCUT2D eigenvalue weighted by molar-refractivity contribution is 0.0897. The van der Waals surface area contributed by atoms with Crippen LogP contribution in [0.25, 0.3) is 0 Å². The fraction of sp³-hybridized carbons (Fsp3) is 0.286. The van der Waals surface area contributed by atoms with Gasteiger partial charge in [0.05, 0.1) is 24.9 Å². The van der Waals surface area contributed by atoms with Crippen LogP contribution in [0.5, 0.6) is 5.75 Å². The standard InChI is InChI=1S/C14H15N3O2/c1-14(18,11-6-4-10(8-15)5-7-11)13-12(19-3)9-16-17(13)2/h4-7,9,18H,1-3H3. The molecule has 98 valence electrons. The lowest BCUT2D eigenvalue weighted by Gasteiger charge is -2.25. The molecule has 0 saturated carbocycles. The minimum absolute atomic E-state index is 0.525. The molecule has 5 heteroatoms. The van der Waals surface area contributed by atoms with Gasteiger partial charge in [-0.25, -0.2) is 0 Å². The highest BCUT2D eigenvalue weighted by Crippen LogP contribution is 2.34. The first-order chi connectivity index (χ1) is 9.00. The average molecular weight is 257 g/mol. The van der Waals surface area contributed by atoms with Gasteiger partial charge in [-0.1, -0.05) is 12.1 Å². The van der Waals surface area contributed by atoms with Crippen molar-refractivity contribution in [2.75, 3.05) is 7.11 Å². The molecule has 1 N–H and O–H groups in total. The number of aryl methyl sites for hydroxylation is 1. The van der Waals surface area contributed by atoms with Crippen molar-refractivity contribution >= 4 is 0 Å². The van der Waals surface area contributed by atoms with Gasteiger partial charge in [0.1, 0.15) is 11.3 Å². The summed E-state index contributed by atoms with van der Waals surface area (Å²) >= 11 is 0. The zero-order chi connectivity index (χ0) is 14.0. The van der Waals surface area contributed by atoms with Crippen LogP contribution in [-0.4, -0.2) is 22.0 Å². The van der Waals surface area contributed by atoms with Gasteiger partial charge in [-0.2, -0.15) is 10.4 Å². The number of methoxy groups -OCH3 is 1. The molecule has 2 aromatic rings. The number of aromatic nitrogens is 2. The number of rotatable bonds is 3. The summed E-state index contributed by atoms with van der Waals surface area (Å²) in [6.45, 7) is 1.67. The minimum Gasteiger partial charge on any atom is -0.493 e. The van der Waals surface area contributed by atoms with Gasteiger partial charge in [-0.3, -0.25) is 4.68 Å². The van der Waals surface area contributed by atoms with Gasteiger partial charge in [0.2, 0.25) is 0 Å². The highest BCUT2D eigenvalue weighted by atomic mass is 16.5. The summed E-state index contributed by atoms with van der Waals surface area (Å²) in [5.41, 5.74) is 0.550. The van der Waals surface area contributed by atoms with Crippen molar-refractivity contribution in [1.29, 1.82) is 5.26 Å². The van der Waals surface area contributed by atoms with Crippen molar-refractivity contribution in [3.05, 3.63) is 47.3 Å². The fourth-order valence-electron chi connectivity index (χ4n) is 2.13. The fourth-order valence-corrected chi connectivity index (χ4v) is 2.13. The van der Waals surface area contributed by atoms with Gasteiger partial charge in [0.15, 0.2) is 5.75 Å². The first kappa shape index (κ1) is 13.1. The molecule has 2 rings (SSSR count). The number of ether oxygens (including phenoxy) is 1. The second kappa shape index (κ2) is 4.75. The number of hydrogen-bond donors (Lipinski definition) is 1. The predicted molar refractivity (Wildman–Crippen MR) is 69.6 cm³/mol. The topological polar surface area (TPSA) is 71.1 Å². The Morgan fingerprint density at radius 2 is 2.00 bits per heavy atom. The van der Waals surface area contributed by atoms with Crippen LogP contribution >= 0.6 is 0 Å². The maximum atomic E-state index is 10.8. The largest absolute Gasteiger partial charge is 0.493 e. The van der Waals surface area contributed by atoms with E-state index in [4.69, 9.17) is 10.00 Å². The second-order valence-electron chi connectivity index (χ2n) is 4.45. The molecule has 0 amide bonds.